The number of benzene rings is 1. The highest BCUT2D eigenvalue weighted by Crippen LogP contribution is 2.30. The number of nitrogens with zero attached hydrogens (tertiary/aromatic N) is 1. The number of aryl methyl sites for hydroxylation is 1. The van der Waals surface area contributed by atoms with E-state index in [0.29, 0.717) is 29.8 Å². The van der Waals surface area contributed by atoms with Crippen molar-refractivity contribution >= 4 is 10.0 Å². The fourth-order valence-corrected chi connectivity index (χ4v) is 4.31. The fraction of sp³-hybridized carbons (Fsp3) is 0.474. The van der Waals surface area contributed by atoms with Crippen LogP contribution < -0.4 is 0 Å². The number of rotatable bonds is 6. The van der Waals surface area contributed by atoms with Crippen molar-refractivity contribution in [1.29, 1.82) is 0 Å². The van der Waals surface area contributed by atoms with Crippen molar-refractivity contribution in [2.45, 2.75) is 38.5 Å². The number of sulfonamides is 1. The van der Waals surface area contributed by atoms with E-state index in [0.717, 1.165) is 18.4 Å². The summed E-state index contributed by atoms with van der Waals surface area (Å²) < 4.78 is 27.3. The van der Waals surface area contributed by atoms with E-state index in [4.69, 9.17) is 0 Å². The minimum Gasteiger partial charge on any atom is -0.207 e. The summed E-state index contributed by atoms with van der Waals surface area (Å²) in [5, 5.41) is 0. The molecule has 0 aromatic heterocycles. The molecule has 3 nitrogen and oxygen atoms in total. The maximum absolute atomic E-state index is 12.9. The van der Waals surface area contributed by atoms with Gasteiger partial charge in [-0.2, -0.15) is 4.31 Å². The van der Waals surface area contributed by atoms with Gasteiger partial charge in [0.15, 0.2) is 0 Å². The Labute approximate surface area is 140 Å². The molecule has 1 aliphatic carbocycles. The summed E-state index contributed by atoms with van der Waals surface area (Å²) in [6.07, 6.45) is 5.87. The lowest BCUT2D eigenvalue weighted by Crippen LogP contribution is -2.34. The minimum atomic E-state index is -3.49. The Morgan fingerprint density at radius 3 is 2.43 bits per heavy atom. The molecule has 2 atom stereocenters. The van der Waals surface area contributed by atoms with E-state index in [9.17, 15) is 8.42 Å². The van der Waals surface area contributed by atoms with Gasteiger partial charge in [0, 0.05) is 13.1 Å². The Hall–Kier alpha value is -1.39. The average Bonchev–Trinajstić information content (AvgIpc) is 2.51. The molecule has 0 amide bonds. The lowest BCUT2D eigenvalue weighted by atomic mass is 9.82. The average molecular weight is 333 g/mol. The van der Waals surface area contributed by atoms with Gasteiger partial charge in [-0.3, -0.25) is 0 Å². The van der Waals surface area contributed by atoms with Crippen LogP contribution in [-0.4, -0.2) is 25.8 Å². The predicted octanol–water partition coefficient (Wildman–Crippen LogP) is 4.16. The van der Waals surface area contributed by atoms with Crippen molar-refractivity contribution in [2.24, 2.45) is 11.8 Å². The summed E-state index contributed by atoms with van der Waals surface area (Å²) in [6.45, 7) is 10.9. The monoisotopic (exact) mass is 333 g/mol. The molecule has 4 heteroatoms. The van der Waals surface area contributed by atoms with Crippen LogP contribution in [0.15, 0.2) is 53.5 Å². The third-order valence-electron chi connectivity index (χ3n) is 4.70. The minimum absolute atomic E-state index is 0.331. The predicted molar refractivity (Wildman–Crippen MR) is 95.8 cm³/mol. The van der Waals surface area contributed by atoms with Gasteiger partial charge >= 0.3 is 0 Å². The molecule has 0 heterocycles. The zero-order chi connectivity index (χ0) is 17.0. The van der Waals surface area contributed by atoms with Crippen LogP contribution in [0.3, 0.4) is 0 Å². The van der Waals surface area contributed by atoms with Crippen LogP contribution in [0.5, 0.6) is 0 Å². The zero-order valence-electron chi connectivity index (χ0n) is 14.3. The number of hydrogen-bond acceptors (Lipinski definition) is 2. The summed E-state index contributed by atoms with van der Waals surface area (Å²) in [6, 6.07) is 7.03. The molecule has 0 saturated carbocycles. The number of allylic oxidation sites excluding steroid dienone is 1. The van der Waals surface area contributed by atoms with Crippen LogP contribution in [0, 0.1) is 18.8 Å². The Morgan fingerprint density at radius 2 is 1.87 bits per heavy atom. The van der Waals surface area contributed by atoms with Crippen LogP contribution in [0.1, 0.15) is 32.3 Å². The molecule has 0 radical (unpaired) electrons. The van der Waals surface area contributed by atoms with E-state index in [1.807, 2.05) is 19.1 Å². The molecular formula is C19H27NO2S. The van der Waals surface area contributed by atoms with Gasteiger partial charge in [-0.1, -0.05) is 49.3 Å². The molecule has 23 heavy (non-hydrogen) atoms. The van der Waals surface area contributed by atoms with E-state index < -0.39 is 10.0 Å². The van der Waals surface area contributed by atoms with Gasteiger partial charge in [0.2, 0.25) is 10.0 Å². The van der Waals surface area contributed by atoms with Crippen LogP contribution in [-0.2, 0) is 10.0 Å². The molecule has 0 N–H and O–H groups in total. The molecule has 0 saturated heterocycles. The molecule has 1 aliphatic rings. The Bertz CT molecular complexity index is 674. The van der Waals surface area contributed by atoms with E-state index in [1.165, 1.54) is 9.88 Å². The SMILES string of the molecule is C=CCN(CC1=CCC(C)C(C)C1)S(=O)(=O)c1ccc(C)cc1. The van der Waals surface area contributed by atoms with Crippen molar-refractivity contribution in [2.75, 3.05) is 13.1 Å². The first kappa shape index (κ1) is 18.0. The first-order valence-corrected chi connectivity index (χ1v) is 9.64. The fourth-order valence-electron chi connectivity index (χ4n) is 2.89. The van der Waals surface area contributed by atoms with Gasteiger partial charge in [-0.25, -0.2) is 8.42 Å². The van der Waals surface area contributed by atoms with Crippen molar-refractivity contribution in [3.8, 4) is 0 Å². The summed E-state index contributed by atoms with van der Waals surface area (Å²) >= 11 is 0. The highest BCUT2D eigenvalue weighted by Gasteiger charge is 2.26. The Morgan fingerprint density at radius 1 is 1.22 bits per heavy atom. The Balaban J connectivity index is 2.24. The highest BCUT2D eigenvalue weighted by molar-refractivity contribution is 7.89. The molecule has 0 fully saturated rings. The number of hydrogen-bond donors (Lipinski definition) is 0. The van der Waals surface area contributed by atoms with Crippen molar-refractivity contribution in [3.63, 3.8) is 0 Å². The first-order chi connectivity index (χ1) is 10.8. The van der Waals surface area contributed by atoms with E-state index in [-0.39, 0.29) is 0 Å². The quantitative estimate of drug-likeness (QED) is 0.733. The van der Waals surface area contributed by atoms with Gasteiger partial charge in [-0.15, -0.1) is 6.58 Å². The van der Waals surface area contributed by atoms with Crippen LogP contribution in [0.4, 0.5) is 0 Å². The molecule has 2 rings (SSSR count). The molecule has 0 bridgehead atoms. The molecule has 126 valence electrons. The van der Waals surface area contributed by atoms with Crippen LogP contribution in [0.2, 0.25) is 0 Å². The summed E-state index contributed by atoms with van der Waals surface area (Å²) in [4.78, 5) is 0.350. The van der Waals surface area contributed by atoms with E-state index in [2.05, 4.69) is 26.5 Å². The maximum Gasteiger partial charge on any atom is 0.243 e. The van der Waals surface area contributed by atoms with Gasteiger partial charge in [0.1, 0.15) is 0 Å². The van der Waals surface area contributed by atoms with Crippen molar-refractivity contribution in [3.05, 3.63) is 54.1 Å². The largest absolute Gasteiger partial charge is 0.243 e. The third kappa shape index (κ3) is 4.33. The van der Waals surface area contributed by atoms with Crippen LogP contribution >= 0.6 is 0 Å². The topological polar surface area (TPSA) is 37.4 Å². The smallest absolute Gasteiger partial charge is 0.207 e. The summed E-state index contributed by atoms with van der Waals surface area (Å²) in [5.41, 5.74) is 2.27. The second-order valence-electron chi connectivity index (χ2n) is 6.66. The summed E-state index contributed by atoms with van der Waals surface area (Å²) in [7, 11) is -3.49. The second-order valence-corrected chi connectivity index (χ2v) is 8.59. The molecule has 1 aromatic carbocycles. The lowest BCUT2D eigenvalue weighted by molar-refractivity contribution is 0.355. The molecule has 1 aromatic rings. The lowest BCUT2D eigenvalue weighted by Gasteiger charge is -2.29. The molecule has 0 aliphatic heterocycles. The summed E-state index contributed by atoms with van der Waals surface area (Å²) in [5.74, 6) is 1.27. The molecule has 2 unspecified atom stereocenters. The highest BCUT2D eigenvalue weighted by atomic mass is 32.2. The maximum atomic E-state index is 12.9. The van der Waals surface area contributed by atoms with Gasteiger partial charge in [0.25, 0.3) is 0 Å². The normalized spacial score (nSPS) is 22.0. The van der Waals surface area contributed by atoms with E-state index >= 15 is 0 Å². The Kier molecular flexibility index (Phi) is 5.82. The van der Waals surface area contributed by atoms with Crippen molar-refractivity contribution < 1.29 is 8.42 Å². The van der Waals surface area contributed by atoms with Crippen molar-refractivity contribution in [1.82, 2.24) is 4.31 Å². The van der Waals surface area contributed by atoms with Crippen LogP contribution in [0.25, 0.3) is 0 Å². The van der Waals surface area contributed by atoms with E-state index in [1.54, 1.807) is 18.2 Å². The standard InChI is InChI=1S/C19H27NO2S/c1-5-12-20(14-18-9-8-16(3)17(4)13-18)23(21,22)19-10-6-15(2)7-11-19/h5-7,9-11,16-17H,1,8,12-14H2,2-4H3. The molecule has 0 spiro atoms. The second kappa shape index (κ2) is 7.45. The third-order valence-corrected chi connectivity index (χ3v) is 6.53. The molecular weight excluding hydrogens is 306 g/mol. The van der Waals surface area contributed by atoms with Gasteiger partial charge < -0.3 is 0 Å². The van der Waals surface area contributed by atoms with Gasteiger partial charge in [0.05, 0.1) is 4.90 Å². The van der Waals surface area contributed by atoms with Gasteiger partial charge in [-0.05, 0) is 43.7 Å². The zero-order valence-corrected chi connectivity index (χ0v) is 15.1. The first-order valence-electron chi connectivity index (χ1n) is 8.20.